The van der Waals surface area contributed by atoms with Gasteiger partial charge in [-0.3, -0.25) is 10.2 Å². The van der Waals surface area contributed by atoms with Gasteiger partial charge in [-0.05, 0) is 25.0 Å². The van der Waals surface area contributed by atoms with E-state index >= 15 is 0 Å². The second-order valence-corrected chi connectivity index (χ2v) is 6.80. The molecule has 1 aromatic rings. The van der Waals surface area contributed by atoms with E-state index in [1.807, 2.05) is 6.08 Å². The molecular formula is C17H15NO4S. The molecule has 0 saturated heterocycles. The number of carbonyl (C=O) groups is 1. The first-order valence-corrected chi connectivity index (χ1v) is 8.64. The molecule has 2 aliphatic rings. The molecular weight excluding hydrogens is 314 g/mol. The molecule has 6 heteroatoms. The first-order valence-electron chi connectivity index (χ1n) is 7.23. The fraction of sp³-hybridized carbons (Fsp3) is 0.176. The molecule has 0 aliphatic heterocycles. The number of hydrogen-bond donors (Lipinski definition) is 1. The van der Waals surface area contributed by atoms with Gasteiger partial charge in [-0.15, -0.1) is 0 Å². The van der Waals surface area contributed by atoms with Crippen LogP contribution in [0.25, 0.3) is 4.91 Å². The molecule has 2 aliphatic carbocycles. The van der Waals surface area contributed by atoms with Crippen molar-refractivity contribution >= 4 is 26.5 Å². The first-order chi connectivity index (χ1) is 11.0. The van der Waals surface area contributed by atoms with Crippen molar-refractivity contribution in [2.24, 2.45) is 0 Å². The van der Waals surface area contributed by atoms with Crippen molar-refractivity contribution < 1.29 is 17.4 Å². The van der Waals surface area contributed by atoms with Gasteiger partial charge < -0.3 is 4.18 Å². The fourth-order valence-corrected chi connectivity index (χ4v) is 3.75. The predicted octanol–water partition coefficient (Wildman–Crippen LogP) is 3.21. The molecule has 0 saturated carbocycles. The summed E-state index contributed by atoms with van der Waals surface area (Å²) in [5, 5.41) is 7.72. The maximum atomic E-state index is 12.6. The number of Topliss-reactive ketones (excluding diaryl/α,β-unsaturated/α-hetero) is 1. The van der Waals surface area contributed by atoms with Crippen molar-refractivity contribution in [2.45, 2.75) is 19.3 Å². The van der Waals surface area contributed by atoms with Gasteiger partial charge in [0.05, 0.1) is 0 Å². The number of allylic oxidation sites excluding steroid dienone is 5. The second kappa shape index (κ2) is 5.96. The van der Waals surface area contributed by atoms with Crippen molar-refractivity contribution in [1.29, 1.82) is 5.41 Å². The van der Waals surface area contributed by atoms with E-state index < -0.39 is 15.9 Å². The first kappa shape index (κ1) is 15.4. The largest absolute Gasteiger partial charge is 0.383 e. The third-order valence-electron chi connectivity index (χ3n) is 3.66. The summed E-state index contributed by atoms with van der Waals surface area (Å²) >= 11 is 0. The predicted molar refractivity (Wildman–Crippen MR) is 87.6 cm³/mol. The molecule has 1 aromatic carbocycles. The summed E-state index contributed by atoms with van der Waals surface area (Å²) < 4.78 is 30.5. The van der Waals surface area contributed by atoms with Crippen LogP contribution in [0.2, 0.25) is 0 Å². The highest BCUT2D eigenvalue weighted by Gasteiger charge is 2.32. The Balaban J connectivity index is 2.01. The molecule has 23 heavy (non-hydrogen) atoms. The summed E-state index contributed by atoms with van der Waals surface area (Å²) in [6.45, 7) is 0. The van der Waals surface area contributed by atoms with Crippen LogP contribution < -0.4 is 0 Å². The van der Waals surface area contributed by atoms with Crippen LogP contribution in [-0.2, 0) is 14.3 Å². The molecule has 118 valence electrons. The zero-order valence-electron chi connectivity index (χ0n) is 12.3. The Kier molecular flexibility index (Phi) is 4.00. The molecule has 1 N–H and O–H groups in total. The smallest absolute Gasteiger partial charge is 0.339 e. The number of ketones is 1. The molecule has 0 bridgehead atoms. The lowest BCUT2D eigenvalue weighted by molar-refractivity contribution is 0.106. The normalized spacial score (nSPS) is 17.9. The Morgan fingerprint density at radius 2 is 1.87 bits per heavy atom. The van der Waals surface area contributed by atoms with Crippen LogP contribution >= 0.6 is 0 Å². The number of fused-ring (bicyclic) bond motifs is 1. The van der Waals surface area contributed by atoms with E-state index in [1.54, 1.807) is 30.4 Å². The number of benzene rings is 1. The summed E-state index contributed by atoms with van der Waals surface area (Å²) in [7, 11) is -4.10. The highest BCUT2D eigenvalue weighted by Crippen LogP contribution is 2.32. The summed E-state index contributed by atoms with van der Waals surface area (Å²) in [5.41, 5.74) is 0.121. The quantitative estimate of drug-likeness (QED) is 0.863. The zero-order valence-corrected chi connectivity index (χ0v) is 13.1. The molecule has 0 unspecified atom stereocenters. The van der Waals surface area contributed by atoms with E-state index in [9.17, 15) is 13.2 Å². The van der Waals surface area contributed by atoms with Gasteiger partial charge in [0.1, 0.15) is 16.4 Å². The topological polar surface area (TPSA) is 84.3 Å². The Hall–Kier alpha value is -2.47. The maximum Gasteiger partial charge on any atom is 0.339 e. The van der Waals surface area contributed by atoms with Crippen LogP contribution in [-0.4, -0.2) is 19.9 Å². The Morgan fingerprint density at radius 1 is 1.13 bits per heavy atom. The molecule has 0 atom stereocenters. The van der Waals surface area contributed by atoms with Gasteiger partial charge >= 0.3 is 10.1 Å². The monoisotopic (exact) mass is 329 g/mol. The number of nitrogens with one attached hydrogen (secondary N) is 1. The van der Waals surface area contributed by atoms with E-state index in [1.165, 1.54) is 6.07 Å². The minimum absolute atomic E-state index is 0.146. The summed E-state index contributed by atoms with van der Waals surface area (Å²) in [4.78, 5) is 11.9. The fourth-order valence-electron chi connectivity index (χ4n) is 2.53. The second-order valence-electron chi connectivity index (χ2n) is 5.29. The van der Waals surface area contributed by atoms with Crippen LogP contribution in [0.15, 0.2) is 54.3 Å². The number of rotatable bonds is 3. The minimum Gasteiger partial charge on any atom is -0.383 e. The molecule has 0 heterocycles. The average Bonchev–Trinajstić information content (AvgIpc) is 2.79. The summed E-state index contributed by atoms with van der Waals surface area (Å²) in [5.74, 6) is -0.128. The molecule has 0 fully saturated rings. The molecule has 0 amide bonds. The van der Waals surface area contributed by atoms with Crippen molar-refractivity contribution in [3.8, 4) is 0 Å². The number of carbonyl (C=O) groups excluding carboxylic acids is 1. The van der Waals surface area contributed by atoms with Gasteiger partial charge in [0, 0.05) is 17.5 Å². The Bertz CT molecular complexity index is 876. The average molecular weight is 329 g/mol. The van der Waals surface area contributed by atoms with Gasteiger partial charge in [0.2, 0.25) is 5.78 Å². The van der Waals surface area contributed by atoms with Gasteiger partial charge in [0.15, 0.2) is 0 Å². The van der Waals surface area contributed by atoms with Crippen molar-refractivity contribution in [2.75, 3.05) is 0 Å². The van der Waals surface area contributed by atoms with Crippen molar-refractivity contribution in [3.63, 3.8) is 0 Å². The highest BCUT2D eigenvalue weighted by atomic mass is 32.2. The molecule has 3 rings (SSSR count). The SMILES string of the molecule is N=C1C=C(S(=O)(=O)OC2=CC=CCCC2)c2ccccc2C1=O. The van der Waals surface area contributed by atoms with Gasteiger partial charge in [-0.25, -0.2) is 0 Å². The molecule has 5 nitrogen and oxygen atoms in total. The molecule has 0 spiro atoms. The van der Waals surface area contributed by atoms with Crippen LogP contribution in [0.1, 0.15) is 35.2 Å². The van der Waals surface area contributed by atoms with Crippen LogP contribution in [0, 0.1) is 5.41 Å². The Morgan fingerprint density at radius 3 is 2.65 bits per heavy atom. The van der Waals surface area contributed by atoms with Gasteiger partial charge in [-0.1, -0.05) is 36.4 Å². The third kappa shape index (κ3) is 3.03. The van der Waals surface area contributed by atoms with Crippen molar-refractivity contribution in [3.05, 3.63) is 65.5 Å². The van der Waals surface area contributed by atoms with Crippen LogP contribution in [0.5, 0.6) is 0 Å². The standard InChI is InChI=1S/C17H15NO4S/c18-15-11-16(13-9-5-6-10-14(13)17(15)19)23(20,21)22-12-7-3-1-2-4-8-12/h1,3,5-7,9-11,18H,2,4,8H2. The molecule has 0 aromatic heterocycles. The van der Waals surface area contributed by atoms with E-state index in [4.69, 9.17) is 9.59 Å². The zero-order chi connectivity index (χ0) is 16.4. The van der Waals surface area contributed by atoms with E-state index in [0.717, 1.165) is 18.9 Å². The third-order valence-corrected chi connectivity index (χ3v) is 4.97. The van der Waals surface area contributed by atoms with Crippen LogP contribution in [0.4, 0.5) is 0 Å². The lowest BCUT2D eigenvalue weighted by Crippen LogP contribution is -2.21. The van der Waals surface area contributed by atoms with E-state index in [0.29, 0.717) is 12.2 Å². The highest BCUT2D eigenvalue weighted by molar-refractivity contribution is 7.96. The van der Waals surface area contributed by atoms with Crippen LogP contribution in [0.3, 0.4) is 0 Å². The lowest BCUT2D eigenvalue weighted by atomic mass is 9.95. The Labute approximate surface area is 134 Å². The van der Waals surface area contributed by atoms with E-state index in [2.05, 4.69) is 0 Å². The van der Waals surface area contributed by atoms with Crippen molar-refractivity contribution in [1.82, 2.24) is 0 Å². The lowest BCUT2D eigenvalue weighted by Gasteiger charge is -2.18. The summed E-state index contributed by atoms with van der Waals surface area (Å²) in [6.07, 6.45) is 8.62. The molecule has 0 radical (unpaired) electrons. The minimum atomic E-state index is -4.10. The number of hydrogen-bond acceptors (Lipinski definition) is 5. The van der Waals surface area contributed by atoms with E-state index in [-0.39, 0.29) is 21.7 Å². The van der Waals surface area contributed by atoms with Gasteiger partial charge in [0.25, 0.3) is 0 Å². The van der Waals surface area contributed by atoms with Gasteiger partial charge in [-0.2, -0.15) is 8.42 Å². The maximum absolute atomic E-state index is 12.6. The summed E-state index contributed by atoms with van der Waals surface area (Å²) in [6, 6.07) is 6.35.